The van der Waals surface area contributed by atoms with E-state index in [9.17, 15) is 15.0 Å². The maximum atomic E-state index is 11.7. The number of aliphatic hydroxyl groups is 2. The molecule has 0 aromatic carbocycles. The van der Waals surface area contributed by atoms with Crippen LogP contribution < -0.4 is 0 Å². The molecule has 0 aromatic heterocycles. The van der Waals surface area contributed by atoms with Crippen LogP contribution in [0.5, 0.6) is 0 Å². The minimum atomic E-state index is -1.51. The van der Waals surface area contributed by atoms with E-state index < -0.39 is 26.1 Å². The molecule has 2 aliphatic heterocycles. The van der Waals surface area contributed by atoms with E-state index in [-0.39, 0.29) is 25.0 Å². The number of hydrogen-bond donors (Lipinski definition) is 2. The van der Waals surface area contributed by atoms with Crippen molar-refractivity contribution in [3.05, 3.63) is 0 Å². The van der Waals surface area contributed by atoms with E-state index in [1.807, 2.05) is 0 Å². The standard InChI is InChI=1S/C9H11Br3O4/c10-4-2-8(14)7(12)3-9(15,16-8)6(11)1-5(4)13/h4,6-7,14-15H,1-3H2/t4-,6-,7-,8-,9-/m0/s1. The zero-order valence-corrected chi connectivity index (χ0v) is 13.0. The van der Waals surface area contributed by atoms with Crippen LogP contribution in [0, 0.1) is 0 Å². The van der Waals surface area contributed by atoms with Crippen LogP contribution in [-0.4, -0.2) is 42.1 Å². The number of fused-ring (bicyclic) bond motifs is 2. The first-order chi connectivity index (χ1) is 7.27. The Bertz CT molecular complexity index is 326. The van der Waals surface area contributed by atoms with Gasteiger partial charge in [0.05, 0.1) is 14.5 Å². The molecule has 0 aromatic rings. The third kappa shape index (κ3) is 2.14. The monoisotopic (exact) mass is 420 g/mol. The van der Waals surface area contributed by atoms with Crippen molar-refractivity contribution >= 4 is 53.6 Å². The minimum absolute atomic E-state index is 0.0522. The Morgan fingerprint density at radius 1 is 1.12 bits per heavy atom. The predicted octanol–water partition coefficient (Wildman–Crippen LogP) is 1.44. The van der Waals surface area contributed by atoms with Gasteiger partial charge in [0.25, 0.3) is 0 Å². The summed E-state index contributed by atoms with van der Waals surface area (Å²) in [5, 5.41) is 20.4. The Balaban J connectivity index is 2.34. The van der Waals surface area contributed by atoms with Gasteiger partial charge in [0.2, 0.25) is 0 Å². The molecule has 0 amide bonds. The highest BCUT2D eigenvalue weighted by molar-refractivity contribution is 9.10. The Labute approximate surface area is 118 Å². The summed E-state index contributed by atoms with van der Waals surface area (Å²) in [4.78, 5) is 10.4. The minimum Gasteiger partial charge on any atom is -0.364 e. The fraction of sp³-hybridized carbons (Fsp3) is 0.889. The summed E-state index contributed by atoms with van der Waals surface area (Å²) in [7, 11) is 0. The normalized spacial score (nSPS) is 53.6. The summed E-state index contributed by atoms with van der Waals surface area (Å²) in [5.74, 6) is -3.06. The molecular formula is C9H11Br3O4. The second-order valence-electron chi connectivity index (χ2n) is 4.27. The molecule has 2 rings (SSSR count). The van der Waals surface area contributed by atoms with Crippen LogP contribution in [0.3, 0.4) is 0 Å². The summed E-state index contributed by atoms with van der Waals surface area (Å²) in [6.07, 6.45) is 0.540. The summed E-state index contributed by atoms with van der Waals surface area (Å²) < 4.78 is 5.36. The third-order valence-electron chi connectivity index (χ3n) is 3.01. The van der Waals surface area contributed by atoms with Gasteiger partial charge in [0.1, 0.15) is 5.78 Å². The van der Waals surface area contributed by atoms with Crippen molar-refractivity contribution in [2.24, 2.45) is 0 Å². The topological polar surface area (TPSA) is 66.8 Å². The van der Waals surface area contributed by atoms with E-state index in [1.54, 1.807) is 0 Å². The van der Waals surface area contributed by atoms with Gasteiger partial charge in [0.15, 0.2) is 11.6 Å². The first kappa shape index (κ1) is 13.4. The molecular weight excluding hydrogens is 412 g/mol. The average Bonchev–Trinajstić information content (AvgIpc) is 2.37. The number of ether oxygens (including phenoxy) is 1. The number of ketones is 1. The van der Waals surface area contributed by atoms with Gasteiger partial charge in [-0.15, -0.1) is 0 Å². The van der Waals surface area contributed by atoms with Crippen molar-refractivity contribution in [1.29, 1.82) is 0 Å². The van der Waals surface area contributed by atoms with Gasteiger partial charge in [-0.05, 0) is 0 Å². The molecule has 0 unspecified atom stereocenters. The number of carbonyl (C=O) groups is 1. The first-order valence-electron chi connectivity index (χ1n) is 4.87. The zero-order valence-electron chi connectivity index (χ0n) is 8.20. The molecule has 2 bridgehead atoms. The van der Waals surface area contributed by atoms with E-state index in [4.69, 9.17) is 4.74 Å². The van der Waals surface area contributed by atoms with Crippen molar-refractivity contribution < 1.29 is 19.7 Å². The van der Waals surface area contributed by atoms with E-state index in [0.29, 0.717) is 0 Å². The van der Waals surface area contributed by atoms with Gasteiger partial charge >= 0.3 is 0 Å². The quantitative estimate of drug-likeness (QED) is 0.580. The van der Waals surface area contributed by atoms with E-state index in [2.05, 4.69) is 47.8 Å². The van der Waals surface area contributed by atoms with Crippen LogP contribution in [0.2, 0.25) is 0 Å². The summed E-state index contributed by atoms with van der Waals surface area (Å²) in [5.41, 5.74) is 0. The number of alkyl halides is 3. The van der Waals surface area contributed by atoms with Gasteiger partial charge in [0, 0.05) is 19.3 Å². The van der Waals surface area contributed by atoms with Crippen LogP contribution in [-0.2, 0) is 9.53 Å². The van der Waals surface area contributed by atoms with Crippen molar-refractivity contribution in [3.8, 4) is 0 Å². The number of Topliss-reactive ketones (excluding diaryl/α,β-unsaturated/α-hetero) is 1. The maximum absolute atomic E-state index is 11.7. The van der Waals surface area contributed by atoms with Crippen LogP contribution >= 0.6 is 47.8 Å². The molecule has 16 heavy (non-hydrogen) atoms. The van der Waals surface area contributed by atoms with Crippen LogP contribution in [0.25, 0.3) is 0 Å². The molecule has 0 spiro atoms. The SMILES string of the molecule is O=C1C[C@H](Br)[C@]2(O)C[C@H](Br)[C@](O)(C[C@@H]1Br)O2. The van der Waals surface area contributed by atoms with Crippen molar-refractivity contribution in [3.63, 3.8) is 0 Å². The lowest BCUT2D eigenvalue weighted by molar-refractivity contribution is -0.290. The molecule has 0 radical (unpaired) electrons. The largest absolute Gasteiger partial charge is 0.364 e. The Hall–Kier alpha value is 0.990. The fourth-order valence-electron chi connectivity index (χ4n) is 2.02. The number of carbonyl (C=O) groups excluding carboxylic acids is 1. The van der Waals surface area contributed by atoms with Crippen molar-refractivity contribution in [2.45, 2.75) is 45.3 Å². The molecule has 5 atom stereocenters. The average molecular weight is 423 g/mol. The molecule has 2 heterocycles. The summed E-state index contributed by atoms with van der Waals surface area (Å²) >= 11 is 9.78. The Morgan fingerprint density at radius 3 is 2.31 bits per heavy atom. The number of halogens is 3. The lowest BCUT2D eigenvalue weighted by Gasteiger charge is -2.35. The number of hydrogen-bond acceptors (Lipinski definition) is 4. The smallest absolute Gasteiger partial charge is 0.183 e. The van der Waals surface area contributed by atoms with Gasteiger partial charge in [-0.2, -0.15) is 0 Å². The molecule has 2 fully saturated rings. The zero-order chi connectivity index (χ0) is 12.1. The van der Waals surface area contributed by atoms with Gasteiger partial charge in [-0.3, -0.25) is 4.79 Å². The fourth-order valence-corrected chi connectivity index (χ4v) is 4.02. The van der Waals surface area contributed by atoms with Crippen LogP contribution in [0.15, 0.2) is 0 Å². The van der Waals surface area contributed by atoms with Crippen molar-refractivity contribution in [2.75, 3.05) is 0 Å². The molecule has 0 aliphatic carbocycles. The third-order valence-corrected chi connectivity index (χ3v) is 5.92. The van der Waals surface area contributed by atoms with Crippen LogP contribution in [0.1, 0.15) is 19.3 Å². The van der Waals surface area contributed by atoms with Crippen molar-refractivity contribution in [1.82, 2.24) is 0 Å². The molecule has 7 heteroatoms. The highest BCUT2D eigenvalue weighted by atomic mass is 79.9. The van der Waals surface area contributed by atoms with Gasteiger partial charge < -0.3 is 14.9 Å². The molecule has 0 saturated carbocycles. The molecule has 4 nitrogen and oxygen atoms in total. The Kier molecular flexibility index (Phi) is 3.59. The second kappa shape index (κ2) is 4.28. The Morgan fingerprint density at radius 2 is 1.69 bits per heavy atom. The van der Waals surface area contributed by atoms with E-state index >= 15 is 0 Å². The highest BCUT2D eigenvalue weighted by Gasteiger charge is 2.59. The summed E-state index contributed by atoms with van der Waals surface area (Å²) in [6, 6.07) is 0. The first-order valence-corrected chi connectivity index (χ1v) is 7.61. The maximum Gasteiger partial charge on any atom is 0.183 e. The molecule has 2 N–H and O–H groups in total. The van der Waals surface area contributed by atoms with Gasteiger partial charge in [-0.1, -0.05) is 47.8 Å². The van der Waals surface area contributed by atoms with E-state index in [1.165, 1.54) is 0 Å². The second-order valence-corrected chi connectivity index (χ2v) is 7.59. The lowest BCUT2D eigenvalue weighted by atomic mass is 10.0. The molecule has 2 aliphatic rings. The molecule has 2 saturated heterocycles. The summed E-state index contributed by atoms with van der Waals surface area (Å²) in [6.45, 7) is 0. The number of rotatable bonds is 0. The van der Waals surface area contributed by atoms with E-state index in [0.717, 1.165) is 0 Å². The predicted molar refractivity (Wildman–Crippen MR) is 68.0 cm³/mol. The lowest BCUT2D eigenvalue weighted by Crippen LogP contribution is -2.48. The highest BCUT2D eigenvalue weighted by Crippen LogP contribution is 2.48. The van der Waals surface area contributed by atoms with Crippen LogP contribution in [0.4, 0.5) is 0 Å². The van der Waals surface area contributed by atoms with Gasteiger partial charge in [-0.25, -0.2) is 0 Å². The molecule has 92 valence electrons.